The van der Waals surface area contributed by atoms with Crippen LogP contribution in [0.1, 0.15) is 13.3 Å². The Morgan fingerprint density at radius 1 is 1.45 bits per heavy atom. The average molecular weight is 187 g/mol. The molecule has 3 heteroatoms. The molecule has 0 N–H and O–H groups in total. The van der Waals surface area contributed by atoms with Gasteiger partial charge in [-0.15, -0.1) is 0 Å². The van der Waals surface area contributed by atoms with E-state index in [0.717, 1.165) is 10.6 Å². The third kappa shape index (κ3) is 5.34. The molecular formula is C8H17NSSi. The number of hydrogen-bond donors (Lipinski definition) is 0. The molecular weight excluding hydrogens is 170 g/mol. The fourth-order valence-corrected chi connectivity index (χ4v) is 3.45. The Balaban J connectivity index is 3.55. The maximum Gasteiger partial charge on any atom is 0.0630 e. The van der Waals surface area contributed by atoms with E-state index in [9.17, 15) is 0 Å². The second-order valence-corrected chi connectivity index (χ2v) is 11.3. The Labute approximate surface area is 75.2 Å². The first kappa shape index (κ1) is 11.1. The van der Waals surface area contributed by atoms with Crippen molar-refractivity contribution < 1.29 is 0 Å². The van der Waals surface area contributed by atoms with E-state index in [1.807, 2.05) is 11.8 Å². The van der Waals surface area contributed by atoms with Crippen LogP contribution in [-0.2, 0) is 0 Å². The molecule has 0 heterocycles. The lowest BCUT2D eigenvalue weighted by atomic mass is 10.6. The van der Waals surface area contributed by atoms with Crippen molar-refractivity contribution in [1.82, 2.24) is 0 Å². The SMILES string of the molecule is CC(SCCC#N)[Si](C)(C)C. The first-order chi connectivity index (χ1) is 4.98. The predicted octanol–water partition coefficient (Wildman–Crippen LogP) is 2.90. The van der Waals surface area contributed by atoms with Crippen LogP contribution in [0.5, 0.6) is 0 Å². The van der Waals surface area contributed by atoms with Crippen molar-refractivity contribution in [3.8, 4) is 6.07 Å². The van der Waals surface area contributed by atoms with Crippen molar-refractivity contribution in [2.24, 2.45) is 0 Å². The van der Waals surface area contributed by atoms with Gasteiger partial charge in [-0.05, 0) is 4.87 Å². The molecule has 0 saturated heterocycles. The second-order valence-electron chi connectivity index (χ2n) is 3.79. The van der Waals surface area contributed by atoms with E-state index in [1.54, 1.807) is 0 Å². The molecule has 0 bridgehead atoms. The quantitative estimate of drug-likeness (QED) is 0.499. The molecule has 1 unspecified atom stereocenters. The molecule has 0 spiro atoms. The van der Waals surface area contributed by atoms with Gasteiger partial charge in [-0.3, -0.25) is 0 Å². The van der Waals surface area contributed by atoms with Crippen molar-refractivity contribution in [1.29, 1.82) is 5.26 Å². The molecule has 0 radical (unpaired) electrons. The van der Waals surface area contributed by atoms with Crippen LogP contribution in [0.3, 0.4) is 0 Å². The van der Waals surface area contributed by atoms with E-state index in [1.165, 1.54) is 0 Å². The number of nitriles is 1. The molecule has 0 amide bonds. The minimum Gasteiger partial charge on any atom is -0.198 e. The second kappa shape index (κ2) is 4.84. The fraction of sp³-hybridized carbons (Fsp3) is 0.875. The Morgan fingerprint density at radius 3 is 2.36 bits per heavy atom. The average Bonchev–Trinajstić information content (AvgIpc) is 1.86. The van der Waals surface area contributed by atoms with Gasteiger partial charge in [0.05, 0.1) is 14.1 Å². The molecule has 0 aliphatic rings. The lowest BCUT2D eigenvalue weighted by Gasteiger charge is -2.23. The molecule has 0 aromatic carbocycles. The molecule has 11 heavy (non-hydrogen) atoms. The summed E-state index contributed by atoms with van der Waals surface area (Å²) in [5.74, 6) is 1.00. The van der Waals surface area contributed by atoms with Crippen molar-refractivity contribution in [3.05, 3.63) is 0 Å². The van der Waals surface area contributed by atoms with Crippen LogP contribution in [0.15, 0.2) is 0 Å². The van der Waals surface area contributed by atoms with E-state index < -0.39 is 8.07 Å². The summed E-state index contributed by atoms with van der Waals surface area (Å²) >= 11 is 1.95. The van der Waals surface area contributed by atoms with Crippen molar-refractivity contribution >= 4 is 19.8 Å². The maximum absolute atomic E-state index is 8.33. The highest BCUT2D eigenvalue weighted by atomic mass is 32.2. The highest BCUT2D eigenvalue weighted by molar-refractivity contribution is 8.01. The van der Waals surface area contributed by atoms with E-state index in [0.29, 0.717) is 6.42 Å². The van der Waals surface area contributed by atoms with Gasteiger partial charge in [0.25, 0.3) is 0 Å². The zero-order chi connectivity index (χ0) is 8.91. The molecule has 1 atom stereocenters. The topological polar surface area (TPSA) is 23.8 Å². The molecule has 0 aliphatic carbocycles. The first-order valence-corrected chi connectivity index (χ1v) is 8.59. The third-order valence-corrected chi connectivity index (χ3v) is 7.80. The first-order valence-electron chi connectivity index (χ1n) is 3.97. The summed E-state index contributed by atoms with van der Waals surface area (Å²) < 4.78 is 0. The summed E-state index contributed by atoms with van der Waals surface area (Å²) in [6, 6.07) is 2.17. The third-order valence-electron chi connectivity index (χ3n) is 1.80. The Morgan fingerprint density at radius 2 is 2.00 bits per heavy atom. The highest BCUT2D eigenvalue weighted by Gasteiger charge is 2.21. The summed E-state index contributed by atoms with van der Waals surface area (Å²) in [7, 11) is -0.957. The molecule has 0 aromatic heterocycles. The molecule has 0 fully saturated rings. The standard InChI is InChI=1S/C8H17NSSi/c1-8(11(2,3)4)10-7-5-6-9/h8H,5,7H2,1-4H3. The predicted molar refractivity (Wildman–Crippen MR) is 55.5 cm³/mol. The van der Waals surface area contributed by atoms with Gasteiger partial charge in [0.2, 0.25) is 0 Å². The van der Waals surface area contributed by atoms with Crippen molar-refractivity contribution in [2.75, 3.05) is 5.75 Å². The number of rotatable bonds is 4. The zero-order valence-corrected chi connectivity index (χ0v) is 9.66. The summed E-state index contributed by atoms with van der Waals surface area (Å²) in [5, 5.41) is 8.33. The monoisotopic (exact) mass is 187 g/mol. The van der Waals surface area contributed by atoms with Gasteiger partial charge < -0.3 is 0 Å². The Kier molecular flexibility index (Phi) is 4.86. The van der Waals surface area contributed by atoms with Crippen LogP contribution in [0.2, 0.25) is 19.6 Å². The van der Waals surface area contributed by atoms with Crippen molar-refractivity contribution in [3.63, 3.8) is 0 Å². The minimum absolute atomic E-state index is 0.694. The molecule has 0 aromatic rings. The minimum atomic E-state index is -0.957. The van der Waals surface area contributed by atoms with Gasteiger partial charge in [0, 0.05) is 12.2 Å². The van der Waals surface area contributed by atoms with Crippen LogP contribution < -0.4 is 0 Å². The molecule has 1 nitrogen and oxygen atoms in total. The smallest absolute Gasteiger partial charge is 0.0630 e. The van der Waals surface area contributed by atoms with Crippen LogP contribution >= 0.6 is 11.8 Å². The Hall–Kier alpha value is 0.0569. The molecule has 0 saturated carbocycles. The zero-order valence-electron chi connectivity index (χ0n) is 7.85. The van der Waals surface area contributed by atoms with Gasteiger partial charge in [0.1, 0.15) is 0 Å². The largest absolute Gasteiger partial charge is 0.198 e. The van der Waals surface area contributed by atoms with Crippen LogP contribution in [-0.4, -0.2) is 18.7 Å². The number of thioether (sulfide) groups is 1. The lowest BCUT2D eigenvalue weighted by molar-refractivity contribution is 1.21. The van der Waals surface area contributed by atoms with Gasteiger partial charge in [-0.1, -0.05) is 26.6 Å². The van der Waals surface area contributed by atoms with E-state index in [2.05, 4.69) is 32.6 Å². The van der Waals surface area contributed by atoms with Crippen molar-refractivity contribution in [2.45, 2.75) is 37.9 Å². The van der Waals surface area contributed by atoms with Crippen LogP contribution in [0, 0.1) is 11.3 Å². The van der Waals surface area contributed by atoms with E-state index in [4.69, 9.17) is 5.26 Å². The Bertz CT molecular complexity index is 145. The molecule has 0 aliphatic heterocycles. The summed E-state index contributed by atoms with van der Waals surface area (Å²) in [5.41, 5.74) is 0. The van der Waals surface area contributed by atoms with Gasteiger partial charge in [-0.25, -0.2) is 0 Å². The summed E-state index contributed by atoms with van der Waals surface area (Å²) in [6.07, 6.45) is 0.694. The molecule has 0 rings (SSSR count). The van der Waals surface area contributed by atoms with Gasteiger partial charge in [-0.2, -0.15) is 17.0 Å². The number of hydrogen-bond acceptors (Lipinski definition) is 2. The fourth-order valence-electron chi connectivity index (χ4n) is 0.531. The van der Waals surface area contributed by atoms with Gasteiger partial charge in [0.15, 0.2) is 0 Å². The summed E-state index contributed by atoms with van der Waals surface area (Å²) in [4.78, 5) is 0.774. The van der Waals surface area contributed by atoms with Gasteiger partial charge >= 0.3 is 0 Å². The normalized spacial score (nSPS) is 14.1. The van der Waals surface area contributed by atoms with E-state index >= 15 is 0 Å². The van der Waals surface area contributed by atoms with Crippen LogP contribution in [0.25, 0.3) is 0 Å². The van der Waals surface area contributed by atoms with E-state index in [-0.39, 0.29) is 0 Å². The highest BCUT2D eigenvalue weighted by Crippen LogP contribution is 2.21. The number of nitrogens with zero attached hydrogens (tertiary/aromatic N) is 1. The summed E-state index contributed by atoms with van der Waals surface area (Å²) in [6.45, 7) is 9.40. The van der Waals surface area contributed by atoms with Crippen LogP contribution in [0.4, 0.5) is 0 Å². The molecule has 64 valence electrons. The maximum atomic E-state index is 8.33. The lowest BCUT2D eigenvalue weighted by Crippen LogP contribution is -2.33.